The highest BCUT2D eigenvalue weighted by atomic mass is 35.5. The number of nitrogens with zero attached hydrogens (tertiary/aromatic N) is 4. The molecular weight excluding hydrogens is 552 g/mol. The number of hydrogen-bond acceptors (Lipinski definition) is 9. The third-order valence-corrected chi connectivity index (χ3v) is 6.82. The molecule has 2 aromatic carbocycles. The van der Waals surface area contributed by atoms with Crippen LogP contribution in [-0.4, -0.2) is 46.4 Å². The second kappa shape index (κ2) is 11.4. The van der Waals surface area contributed by atoms with Crippen LogP contribution in [0.4, 0.5) is 19.3 Å². The summed E-state index contributed by atoms with van der Waals surface area (Å²) in [6.07, 6.45) is 2.00. The number of hydrogen-bond donors (Lipinski definition) is 1. The van der Waals surface area contributed by atoms with E-state index in [1.165, 1.54) is 23.5 Å². The molecule has 200 valence electrons. The van der Waals surface area contributed by atoms with Crippen molar-refractivity contribution >= 4 is 56.0 Å². The lowest BCUT2D eigenvalue weighted by molar-refractivity contribution is 0.136. The van der Waals surface area contributed by atoms with E-state index < -0.39 is 17.9 Å². The van der Waals surface area contributed by atoms with Crippen molar-refractivity contribution in [1.29, 1.82) is 0 Å². The van der Waals surface area contributed by atoms with Gasteiger partial charge in [-0.25, -0.2) is 24.1 Å². The molecule has 3 heterocycles. The quantitative estimate of drug-likeness (QED) is 0.170. The predicted octanol–water partition coefficient (Wildman–Crippen LogP) is 6.32. The number of nitrogens with one attached hydrogen (secondary N) is 1. The summed E-state index contributed by atoms with van der Waals surface area (Å²) in [4.78, 5) is 29.1. The van der Waals surface area contributed by atoms with Gasteiger partial charge in [0.1, 0.15) is 28.8 Å². The lowest BCUT2D eigenvalue weighted by atomic mass is 10.1. The van der Waals surface area contributed by atoms with E-state index >= 15 is 0 Å². The fourth-order valence-electron chi connectivity index (χ4n) is 3.78. The number of carbonyl (C=O) groups excluding carboxylic acids is 1. The normalized spacial score (nSPS) is 11.2. The van der Waals surface area contributed by atoms with E-state index in [9.17, 15) is 13.6 Å². The first-order valence-electron chi connectivity index (χ1n) is 11.5. The van der Waals surface area contributed by atoms with Crippen molar-refractivity contribution in [2.24, 2.45) is 0 Å². The molecule has 0 spiro atoms. The van der Waals surface area contributed by atoms with Crippen LogP contribution in [0.15, 0.2) is 42.7 Å². The third kappa shape index (κ3) is 5.87. The van der Waals surface area contributed by atoms with Crippen LogP contribution < -0.4 is 10.1 Å². The summed E-state index contributed by atoms with van der Waals surface area (Å²) in [7, 11) is 1.59. The Bertz CT molecular complexity index is 1680. The Hall–Kier alpha value is -4.00. The number of benzene rings is 2. The lowest BCUT2D eigenvalue weighted by Gasteiger charge is -2.10. The number of anilines is 1. The van der Waals surface area contributed by atoms with Crippen LogP contribution in [0.3, 0.4) is 0 Å². The van der Waals surface area contributed by atoms with Crippen LogP contribution in [0, 0.1) is 18.7 Å². The fraction of sp³-hybridized carbons (Fsp3) is 0.192. The van der Waals surface area contributed by atoms with Crippen LogP contribution in [-0.2, 0) is 16.1 Å². The smallest absolute Gasteiger partial charge is 0.411 e. The van der Waals surface area contributed by atoms with Gasteiger partial charge in [0.25, 0.3) is 0 Å². The van der Waals surface area contributed by atoms with Gasteiger partial charge in [-0.1, -0.05) is 11.6 Å². The number of thiazole rings is 1. The molecule has 0 saturated heterocycles. The maximum atomic E-state index is 15.0. The maximum absolute atomic E-state index is 15.0. The van der Waals surface area contributed by atoms with Crippen LogP contribution in [0.1, 0.15) is 11.3 Å². The molecule has 13 heteroatoms. The Morgan fingerprint density at radius 1 is 1.08 bits per heavy atom. The summed E-state index contributed by atoms with van der Waals surface area (Å²) in [6.45, 7) is 1.97. The minimum Gasteiger partial charge on any atom is -0.487 e. The van der Waals surface area contributed by atoms with E-state index in [4.69, 9.17) is 25.8 Å². The monoisotopic (exact) mass is 571 g/mol. The third-order valence-electron chi connectivity index (χ3n) is 5.44. The van der Waals surface area contributed by atoms with Crippen molar-refractivity contribution < 1.29 is 27.8 Å². The van der Waals surface area contributed by atoms with Crippen molar-refractivity contribution in [1.82, 2.24) is 19.9 Å². The van der Waals surface area contributed by atoms with E-state index in [0.717, 1.165) is 23.4 Å². The SMILES string of the molecule is COCc1cnc2c(-c3nc4c(Cl)c(F)c(OCCOC(=O)Nc5ccc(F)nc5)cc4s3)cc(C)cc2n1. The van der Waals surface area contributed by atoms with E-state index in [-0.39, 0.29) is 29.7 Å². The van der Waals surface area contributed by atoms with Gasteiger partial charge in [0.05, 0.1) is 46.1 Å². The van der Waals surface area contributed by atoms with Gasteiger partial charge in [0.2, 0.25) is 5.95 Å². The summed E-state index contributed by atoms with van der Waals surface area (Å²) < 4.78 is 44.1. The van der Waals surface area contributed by atoms with E-state index in [1.807, 2.05) is 19.1 Å². The van der Waals surface area contributed by atoms with Gasteiger partial charge < -0.3 is 14.2 Å². The molecule has 0 aliphatic carbocycles. The van der Waals surface area contributed by atoms with Crippen LogP contribution in [0.5, 0.6) is 5.75 Å². The summed E-state index contributed by atoms with van der Waals surface area (Å²) in [6, 6.07) is 7.80. The molecule has 0 atom stereocenters. The molecule has 0 unspecified atom stereocenters. The molecule has 39 heavy (non-hydrogen) atoms. The maximum Gasteiger partial charge on any atom is 0.411 e. The highest BCUT2D eigenvalue weighted by molar-refractivity contribution is 7.21. The van der Waals surface area contributed by atoms with E-state index in [2.05, 4.69) is 25.3 Å². The zero-order valence-corrected chi connectivity index (χ0v) is 22.2. The van der Waals surface area contributed by atoms with Crippen LogP contribution >= 0.6 is 22.9 Å². The molecule has 0 saturated carbocycles. The number of halogens is 3. The van der Waals surface area contributed by atoms with Crippen molar-refractivity contribution in [2.45, 2.75) is 13.5 Å². The first-order chi connectivity index (χ1) is 18.8. The second-order valence-corrected chi connectivity index (χ2v) is 9.73. The molecule has 1 amide bonds. The number of pyridine rings is 1. The zero-order valence-electron chi connectivity index (χ0n) is 20.6. The standard InChI is InChI=1S/C26H20ClF2N5O4S/c1-13-7-16(23-17(8-13)32-15(11-31-23)12-36-2)25-34-24-19(39-25)9-18(22(29)21(24)27)37-5-6-38-26(35)33-14-3-4-20(28)30-10-14/h3-4,7-11H,5-6,12H2,1-2H3,(H,33,35). The average Bonchev–Trinajstić information content (AvgIpc) is 3.34. The van der Waals surface area contributed by atoms with Gasteiger partial charge in [-0.2, -0.15) is 4.39 Å². The van der Waals surface area contributed by atoms with E-state index in [0.29, 0.717) is 38.6 Å². The number of ether oxygens (including phenoxy) is 3. The van der Waals surface area contributed by atoms with Gasteiger partial charge >= 0.3 is 6.09 Å². The molecule has 0 radical (unpaired) electrons. The summed E-state index contributed by atoms with van der Waals surface area (Å²) in [5.41, 5.74) is 4.31. The fourth-order valence-corrected chi connectivity index (χ4v) is 5.09. The van der Waals surface area contributed by atoms with Gasteiger partial charge in [-0.05, 0) is 36.8 Å². The van der Waals surface area contributed by atoms with E-state index in [1.54, 1.807) is 13.3 Å². The summed E-state index contributed by atoms with van der Waals surface area (Å²) in [5.74, 6) is -1.56. The molecule has 0 aliphatic rings. The molecule has 1 N–H and O–H groups in total. The zero-order chi connectivity index (χ0) is 27.5. The number of fused-ring (bicyclic) bond motifs is 2. The Morgan fingerprint density at radius 3 is 2.69 bits per heavy atom. The van der Waals surface area contributed by atoms with Crippen LogP contribution in [0.25, 0.3) is 31.8 Å². The van der Waals surface area contributed by atoms with Crippen molar-refractivity contribution in [3.63, 3.8) is 0 Å². The first kappa shape index (κ1) is 26.6. The number of carbonyl (C=O) groups is 1. The van der Waals surface area contributed by atoms with Gasteiger partial charge in [0.15, 0.2) is 11.6 Å². The number of rotatable bonds is 8. The molecular formula is C26H20ClF2N5O4S. The van der Waals surface area contributed by atoms with Gasteiger partial charge in [-0.15, -0.1) is 11.3 Å². The Balaban J connectivity index is 1.33. The predicted molar refractivity (Wildman–Crippen MR) is 143 cm³/mol. The second-order valence-electron chi connectivity index (χ2n) is 8.32. The largest absolute Gasteiger partial charge is 0.487 e. The average molecular weight is 572 g/mol. The number of methoxy groups -OCH3 is 1. The van der Waals surface area contributed by atoms with Gasteiger partial charge in [0, 0.05) is 18.7 Å². The Morgan fingerprint density at radius 2 is 1.92 bits per heavy atom. The van der Waals surface area contributed by atoms with Crippen molar-refractivity contribution in [3.05, 3.63) is 70.8 Å². The summed E-state index contributed by atoms with van der Waals surface area (Å²) in [5, 5.41) is 2.81. The highest BCUT2D eigenvalue weighted by Gasteiger charge is 2.20. The summed E-state index contributed by atoms with van der Waals surface area (Å²) >= 11 is 7.63. The minimum absolute atomic E-state index is 0.104. The molecule has 0 fully saturated rings. The number of aryl methyl sites for hydroxylation is 1. The van der Waals surface area contributed by atoms with Crippen LogP contribution in [0.2, 0.25) is 5.02 Å². The van der Waals surface area contributed by atoms with Gasteiger partial charge in [-0.3, -0.25) is 10.3 Å². The highest BCUT2D eigenvalue weighted by Crippen LogP contribution is 2.40. The topological polar surface area (TPSA) is 108 Å². The molecule has 0 bridgehead atoms. The molecule has 5 aromatic rings. The lowest BCUT2D eigenvalue weighted by Crippen LogP contribution is -2.18. The first-order valence-corrected chi connectivity index (χ1v) is 12.7. The Labute approximate surface area is 229 Å². The van der Waals surface area contributed by atoms with Crippen molar-refractivity contribution in [3.8, 4) is 16.3 Å². The molecule has 9 nitrogen and oxygen atoms in total. The Kier molecular flexibility index (Phi) is 7.77. The molecule has 5 rings (SSSR count). The minimum atomic E-state index is -0.795. The molecule has 3 aromatic heterocycles. The molecule has 0 aliphatic heterocycles. The number of aromatic nitrogens is 4. The van der Waals surface area contributed by atoms with Crippen molar-refractivity contribution in [2.75, 3.05) is 25.6 Å². The number of amides is 1.